The average molecular weight is 236 g/mol. The maximum Gasteiger partial charge on any atom is 0.319 e. The van der Waals surface area contributed by atoms with E-state index in [2.05, 4.69) is 15.8 Å². The lowest BCUT2D eigenvalue weighted by Crippen LogP contribution is -2.34. The van der Waals surface area contributed by atoms with Crippen LogP contribution in [0.2, 0.25) is 0 Å². The summed E-state index contributed by atoms with van der Waals surface area (Å²) in [5.74, 6) is 0.0307. The van der Waals surface area contributed by atoms with Crippen molar-refractivity contribution in [3.8, 4) is 0 Å². The molecule has 0 aliphatic carbocycles. The van der Waals surface area contributed by atoms with Crippen molar-refractivity contribution in [3.05, 3.63) is 29.8 Å². The molecule has 92 valence electrons. The average Bonchev–Trinajstić information content (AvgIpc) is 2.28. The minimum Gasteiger partial charge on any atom is -0.409 e. The van der Waals surface area contributed by atoms with E-state index in [-0.39, 0.29) is 17.9 Å². The molecule has 5 N–H and O–H groups in total. The zero-order chi connectivity index (χ0) is 12.8. The Bertz CT molecular complexity index is 412. The van der Waals surface area contributed by atoms with Crippen LogP contribution < -0.4 is 16.4 Å². The second-order valence-electron chi connectivity index (χ2n) is 3.82. The van der Waals surface area contributed by atoms with Gasteiger partial charge in [0.25, 0.3) is 0 Å². The number of hydrogen-bond donors (Lipinski definition) is 4. The highest BCUT2D eigenvalue weighted by molar-refractivity contribution is 5.97. The Labute approximate surface area is 99.5 Å². The van der Waals surface area contributed by atoms with Crippen LogP contribution in [0.15, 0.2) is 29.4 Å². The molecule has 0 aliphatic rings. The third-order valence-corrected chi connectivity index (χ3v) is 1.97. The fraction of sp³-hybridized carbons (Fsp3) is 0.273. The van der Waals surface area contributed by atoms with Gasteiger partial charge in [-0.25, -0.2) is 4.79 Å². The highest BCUT2D eigenvalue weighted by Crippen LogP contribution is 2.09. The van der Waals surface area contributed by atoms with E-state index in [1.54, 1.807) is 24.3 Å². The highest BCUT2D eigenvalue weighted by atomic mass is 16.4. The van der Waals surface area contributed by atoms with Gasteiger partial charge in [0.1, 0.15) is 0 Å². The quantitative estimate of drug-likeness (QED) is 0.275. The van der Waals surface area contributed by atoms with Gasteiger partial charge in [-0.05, 0) is 38.1 Å². The number of hydrogen-bond acceptors (Lipinski definition) is 3. The van der Waals surface area contributed by atoms with Gasteiger partial charge in [0.05, 0.1) is 0 Å². The molecule has 17 heavy (non-hydrogen) atoms. The van der Waals surface area contributed by atoms with Crippen LogP contribution in [0.3, 0.4) is 0 Å². The molecule has 0 atom stereocenters. The van der Waals surface area contributed by atoms with E-state index < -0.39 is 0 Å². The van der Waals surface area contributed by atoms with Gasteiger partial charge < -0.3 is 21.6 Å². The van der Waals surface area contributed by atoms with Crippen LogP contribution >= 0.6 is 0 Å². The maximum absolute atomic E-state index is 11.4. The van der Waals surface area contributed by atoms with Crippen molar-refractivity contribution in [1.82, 2.24) is 5.32 Å². The standard InChI is InChI=1S/C11H16N4O2/c1-7(2)13-11(16)14-9-5-3-8(4-6-9)10(12)15-17/h3-7,17H,1-2H3,(H2,12,15)(H2,13,14,16). The van der Waals surface area contributed by atoms with Crippen molar-refractivity contribution < 1.29 is 10.0 Å². The predicted molar refractivity (Wildman–Crippen MR) is 66.2 cm³/mol. The molecule has 0 spiro atoms. The fourth-order valence-corrected chi connectivity index (χ4v) is 1.21. The number of nitrogens with two attached hydrogens (primary N) is 1. The summed E-state index contributed by atoms with van der Waals surface area (Å²) in [5.41, 5.74) is 6.63. The lowest BCUT2D eigenvalue weighted by Gasteiger charge is -2.10. The fourth-order valence-electron chi connectivity index (χ4n) is 1.21. The number of rotatable bonds is 3. The summed E-state index contributed by atoms with van der Waals surface area (Å²) in [5, 5.41) is 16.7. The first-order valence-corrected chi connectivity index (χ1v) is 5.18. The van der Waals surface area contributed by atoms with Crippen LogP contribution in [0.1, 0.15) is 19.4 Å². The Kier molecular flexibility index (Phi) is 4.33. The van der Waals surface area contributed by atoms with Crippen LogP contribution in [-0.4, -0.2) is 23.1 Å². The predicted octanol–water partition coefficient (Wildman–Crippen LogP) is 1.31. The molecule has 0 radical (unpaired) electrons. The van der Waals surface area contributed by atoms with Gasteiger partial charge in [0.15, 0.2) is 5.84 Å². The lowest BCUT2D eigenvalue weighted by molar-refractivity contribution is 0.250. The number of anilines is 1. The smallest absolute Gasteiger partial charge is 0.319 e. The van der Waals surface area contributed by atoms with E-state index in [0.29, 0.717) is 11.3 Å². The van der Waals surface area contributed by atoms with Gasteiger partial charge >= 0.3 is 6.03 Å². The second kappa shape index (κ2) is 5.74. The summed E-state index contributed by atoms with van der Waals surface area (Å²) in [7, 11) is 0. The van der Waals surface area contributed by atoms with Crippen LogP contribution in [0.4, 0.5) is 10.5 Å². The Morgan fingerprint density at radius 1 is 1.35 bits per heavy atom. The van der Waals surface area contributed by atoms with Crippen molar-refractivity contribution in [2.45, 2.75) is 19.9 Å². The largest absolute Gasteiger partial charge is 0.409 e. The molecule has 2 amide bonds. The zero-order valence-corrected chi connectivity index (χ0v) is 9.77. The highest BCUT2D eigenvalue weighted by Gasteiger charge is 2.04. The molecule has 1 aromatic rings. The number of urea groups is 1. The number of oxime groups is 1. The van der Waals surface area contributed by atoms with Crippen LogP contribution in [0, 0.1) is 0 Å². The summed E-state index contributed by atoms with van der Waals surface area (Å²) in [6.07, 6.45) is 0. The van der Waals surface area contributed by atoms with Crippen molar-refractivity contribution in [3.63, 3.8) is 0 Å². The molecular formula is C11H16N4O2. The summed E-state index contributed by atoms with van der Waals surface area (Å²) in [4.78, 5) is 11.4. The molecule has 6 heteroatoms. The number of amidine groups is 1. The van der Waals surface area contributed by atoms with Gasteiger partial charge in [-0.3, -0.25) is 0 Å². The van der Waals surface area contributed by atoms with Gasteiger partial charge in [-0.15, -0.1) is 0 Å². The number of carbonyl (C=O) groups is 1. The second-order valence-corrected chi connectivity index (χ2v) is 3.82. The summed E-state index contributed by atoms with van der Waals surface area (Å²) in [6.45, 7) is 3.75. The van der Waals surface area contributed by atoms with Crippen LogP contribution in [-0.2, 0) is 0 Å². The molecular weight excluding hydrogens is 220 g/mol. The van der Waals surface area contributed by atoms with Crippen LogP contribution in [0.5, 0.6) is 0 Å². The number of benzene rings is 1. The Hall–Kier alpha value is -2.24. The summed E-state index contributed by atoms with van der Waals surface area (Å²) >= 11 is 0. The van der Waals surface area contributed by atoms with Gasteiger partial charge in [-0.2, -0.15) is 0 Å². The van der Waals surface area contributed by atoms with E-state index >= 15 is 0 Å². The van der Waals surface area contributed by atoms with Crippen molar-refractivity contribution in [2.24, 2.45) is 10.9 Å². The monoisotopic (exact) mass is 236 g/mol. The van der Waals surface area contributed by atoms with Crippen molar-refractivity contribution in [2.75, 3.05) is 5.32 Å². The van der Waals surface area contributed by atoms with Gasteiger partial charge in [0.2, 0.25) is 0 Å². The first-order chi connectivity index (χ1) is 8.02. The van der Waals surface area contributed by atoms with Crippen molar-refractivity contribution >= 4 is 17.6 Å². The first-order valence-electron chi connectivity index (χ1n) is 5.18. The molecule has 0 heterocycles. The topological polar surface area (TPSA) is 99.7 Å². The summed E-state index contributed by atoms with van der Waals surface area (Å²) < 4.78 is 0. The molecule has 0 aliphatic heterocycles. The number of nitrogens with zero attached hydrogens (tertiary/aromatic N) is 1. The molecule has 1 rings (SSSR count). The Morgan fingerprint density at radius 3 is 2.41 bits per heavy atom. The minimum absolute atomic E-state index is 0.0307. The molecule has 0 fully saturated rings. The normalized spacial score (nSPS) is 11.4. The molecule has 0 aromatic heterocycles. The number of amides is 2. The summed E-state index contributed by atoms with van der Waals surface area (Å²) in [6, 6.07) is 6.46. The third kappa shape index (κ3) is 4.02. The Balaban J connectivity index is 2.66. The maximum atomic E-state index is 11.4. The number of carbonyl (C=O) groups excluding carboxylic acids is 1. The Morgan fingerprint density at radius 2 is 1.94 bits per heavy atom. The third-order valence-electron chi connectivity index (χ3n) is 1.97. The van der Waals surface area contributed by atoms with E-state index in [0.717, 1.165) is 0 Å². The molecule has 1 aromatic carbocycles. The molecule has 0 unspecified atom stereocenters. The van der Waals surface area contributed by atoms with Gasteiger partial charge in [-0.1, -0.05) is 5.16 Å². The van der Waals surface area contributed by atoms with E-state index in [1.807, 2.05) is 13.8 Å². The first kappa shape index (κ1) is 12.8. The molecule has 6 nitrogen and oxygen atoms in total. The van der Waals surface area contributed by atoms with E-state index in [4.69, 9.17) is 10.9 Å². The molecule has 0 bridgehead atoms. The SMILES string of the molecule is CC(C)NC(=O)Nc1ccc(/C(N)=N/O)cc1. The molecule has 0 saturated carbocycles. The number of nitrogens with one attached hydrogen (secondary N) is 2. The zero-order valence-electron chi connectivity index (χ0n) is 9.77. The lowest BCUT2D eigenvalue weighted by atomic mass is 10.2. The van der Waals surface area contributed by atoms with E-state index in [1.165, 1.54) is 0 Å². The van der Waals surface area contributed by atoms with Gasteiger partial charge in [0, 0.05) is 17.3 Å². The minimum atomic E-state index is -0.267. The van der Waals surface area contributed by atoms with Crippen molar-refractivity contribution in [1.29, 1.82) is 0 Å². The molecule has 0 saturated heterocycles. The van der Waals surface area contributed by atoms with Crippen LogP contribution in [0.25, 0.3) is 0 Å². The van der Waals surface area contributed by atoms with E-state index in [9.17, 15) is 4.79 Å².